The summed E-state index contributed by atoms with van der Waals surface area (Å²) in [5, 5.41) is 1.29. The Hall–Kier alpha value is -1.04. The Kier molecular flexibility index (Phi) is 2.10. The van der Waals surface area contributed by atoms with E-state index in [0.29, 0.717) is 11.3 Å². The minimum Gasteiger partial charge on any atom is -0.398 e. The first kappa shape index (κ1) is 9.05. The van der Waals surface area contributed by atoms with Crippen LogP contribution in [0, 0.1) is 0 Å². The van der Waals surface area contributed by atoms with Crippen LogP contribution in [-0.2, 0) is 0 Å². The highest BCUT2D eigenvalue weighted by atomic mass is 32.1. The second-order valence-corrected chi connectivity index (χ2v) is 2.98. The van der Waals surface area contributed by atoms with E-state index in [1.165, 1.54) is 5.38 Å². The van der Waals surface area contributed by atoms with Gasteiger partial charge >= 0.3 is 6.18 Å². The average molecular weight is 195 g/mol. The maximum atomic E-state index is 11.8. The number of carbonyl (C=O) groups excluding carboxylic acids is 1. The lowest BCUT2D eigenvalue weighted by Crippen LogP contribution is -2.21. The second kappa shape index (κ2) is 2.78. The normalized spacial score (nSPS) is 11.6. The zero-order chi connectivity index (χ0) is 9.35. The standard InChI is InChI=1S/C6H4F3NOS/c7-6(8,9)5(11)4-1-3(10)2-12-4/h1-2H,10H2. The summed E-state index contributed by atoms with van der Waals surface area (Å²) in [4.78, 5) is 10.1. The van der Waals surface area contributed by atoms with Crippen LogP contribution in [0.2, 0.25) is 0 Å². The number of nitrogens with two attached hydrogens (primary N) is 1. The zero-order valence-corrected chi connectivity index (χ0v) is 6.50. The number of hydrogen-bond donors (Lipinski definition) is 1. The fraction of sp³-hybridized carbons (Fsp3) is 0.167. The Bertz CT molecular complexity index is 304. The van der Waals surface area contributed by atoms with E-state index < -0.39 is 12.0 Å². The van der Waals surface area contributed by atoms with Gasteiger partial charge in [-0.05, 0) is 6.07 Å². The number of ketones is 1. The third-order valence-corrected chi connectivity index (χ3v) is 2.05. The molecule has 66 valence electrons. The van der Waals surface area contributed by atoms with Gasteiger partial charge in [-0.25, -0.2) is 0 Å². The number of rotatable bonds is 1. The zero-order valence-electron chi connectivity index (χ0n) is 5.68. The summed E-state index contributed by atoms with van der Waals surface area (Å²) < 4.78 is 35.3. The lowest BCUT2D eigenvalue weighted by atomic mass is 10.3. The number of alkyl halides is 3. The third kappa shape index (κ3) is 1.76. The van der Waals surface area contributed by atoms with Gasteiger partial charge in [0.1, 0.15) is 0 Å². The number of anilines is 1. The predicted molar refractivity (Wildman–Crippen MR) is 39.1 cm³/mol. The Labute approximate surface area is 69.8 Å². The van der Waals surface area contributed by atoms with E-state index in [4.69, 9.17) is 5.73 Å². The van der Waals surface area contributed by atoms with Crippen molar-refractivity contribution in [3.8, 4) is 0 Å². The van der Waals surface area contributed by atoms with Gasteiger partial charge in [0.15, 0.2) is 0 Å². The monoisotopic (exact) mass is 195 g/mol. The molecule has 0 aliphatic heterocycles. The lowest BCUT2D eigenvalue weighted by Gasteiger charge is -2.00. The molecule has 0 bridgehead atoms. The van der Waals surface area contributed by atoms with E-state index in [-0.39, 0.29) is 10.6 Å². The van der Waals surface area contributed by atoms with Gasteiger partial charge in [-0.1, -0.05) is 0 Å². The molecule has 6 heteroatoms. The van der Waals surface area contributed by atoms with Gasteiger partial charge in [0, 0.05) is 11.1 Å². The molecule has 1 rings (SSSR count). The number of hydrogen-bond acceptors (Lipinski definition) is 3. The van der Waals surface area contributed by atoms with Crippen LogP contribution in [0.5, 0.6) is 0 Å². The molecule has 1 heterocycles. The highest BCUT2D eigenvalue weighted by Gasteiger charge is 2.39. The first-order valence-corrected chi connectivity index (χ1v) is 3.75. The first-order chi connectivity index (χ1) is 5.41. The Morgan fingerprint density at radius 1 is 1.50 bits per heavy atom. The molecule has 0 unspecified atom stereocenters. The van der Waals surface area contributed by atoms with Crippen LogP contribution in [0.1, 0.15) is 9.67 Å². The maximum Gasteiger partial charge on any atom is 0.455 e. The van der Waals surface area contributed by atoms with Crippen LogP contribution in [-0.4, -0.2) is 12.0 Å². The molecule has 0 aliphatic carbocycles. The minimum atomic E-state index is -4.81. The molecule has 2 nitrogen and oxygen atoms in total. The van der Waals surface area contributed by atoms with Crippen LogP contribution in [0.4, 0.5) is 18.9 Å². The quantitative estimate of drug-likeness (QED) is 0.697. The van der Waals surface area contributed by atoms with Gasteiger partial charge in [0.25, 0.3) is 5.78 Å². The summed E-state index contributed by atoms with van der Waals surface area (Å²) in [6, 6.07) is 1.01. The minimum absolute atomic E-state index is 0.174. The summed E-state index contributed by atoms with van der Waals surface area (Å²) in [5.74, 6) is -1.84. The second-order valence-electron chi connectivity index (χ2n) is 2.07. The molecule has 0 saturated carbocycles. The highest BCUT2D eigenvalue weighted by molar-refractivity contribution is 7.12. The van der Waals surface area contributed by atoms with E-state index in [9.17, 15) is 18.0 Å². The molecule has 1 aromatic heterocycles. The SMILES string of the molecule is Nc1csc(C(=O)C(F)(F)F)c1. The van der Waals surface area contributed by atoms with Gasteiger partial charge in [-0.2, -0.15) is 13.2 Å². The van der Waals surface area contributed by atoms with Gasteiger partial charge in [0.2, 0.25) is 0 Å². The molecule has 0 atom stereocenters. The molecule has 1 aromatic rings. The van der Waals surface area contributed by atoms with Crippen molar-refractivity contribution in [1.29, 1.82) is 0 Å². The van der Waals surface area contributed by atoms with Crippen molar-refractivity contribution in [3.63, 3.8) is 0 Å². The number of carbonyl (C=O) groups is 1. The summed E-state index contributed by atoms with van der Waals surface area (Å²) in [6.45, 7) is 0. The Balaban J connectivity index is 2.93. The molecule has 0 amide bonds. The molecule has 0 fully saturated rings. The molecule has 2 N–H and O–H groups in total. The van der Waals surface area contributed by atoms with Crippen molar-refractivity contribution >= 4 is 22.8 Å². The molecule has 0 aromatic carbocycles. The smallest absolute Gasteiger partial charge is 0.398 e. The third-order valence-electron chi connectivity index (χ3n) is 1.10. The summed E-state index contributed by atoms with van der Waals surface area (Å²) in [6.07, 6.45) is -4.81. The van der Waals surface area contributed by atoms with Gasteiger partial charge < -0.3 is 5.73 Å². The summed E-state index contributed by atoms with van der Waals surface area (Å²) >= 11 is 0.690. The lowest BCUT2D eigenvalue weighted by molar-refractivity contribution is -0.0882. The molecule has 0 radical (unpaired) electrons. The fourth-order valence-electron chi connectivity index (χ4n) is 0.610. The van der Waals surface area contributed by atoms with Crippen LogP contribution < -0.4 is 5.73 Å². The van der Waals surface area contributed by atoms with Gasteiger partial charge in [0.05, 0.1) is 4.88 Å². The first-order valence-electron chi connectivity index (χ1n) is 2.87. The van der Waals surface area contributed by atoms with E-state index >= 15 is 0 Å². The highest BCUT2D eigenvalue weighted by Crippen LogP contribution is 2.26. The molecule has 12 heavy (non-hydrogen) atoms. The number of thiophene rings is 1. The van der Waals surface area contributed by atoms with E-state index in [2.05, 4.69) is 0 Å². The topological polar surface area (TPSA) is 43.1 Å². The summed E-state index contributed by atoms with van der Waals surface area (Å²) in [7, 11) is 0. The van der Waals surface area contributed by atoms with E-state index in [1.807, 2.05) is 0 Å². The van der Waals surface area contributed by atoms with Crippen molar-refractivity contribution in [1.82, 2.24) is 0 Å². The average Bonchev–Trinajstić information content (AvgIpc) is 2.32. The molecule has 0 aliphatic rings. The van der Waals surface area contributed by atoms with Crippen molar-refractivity contribution < 1.29 is 18.0 Å². The Morgan fingerprint density at radius 2 is 2.08 bits per heavy atom. The number of halogens is 3. The van der Waals surface area contributed by atoms with Crippen molar-refractivity contribution in [2.75, 3.05) is 5.73 Å². The number of Topliss-reactive ketones (excluding diaryl/α,β-unsaturated/α-hetero) is 1. The predicted octanol–water partition coefficient (Wildman–Crippen LogP) is 2.08. The fourth-order valence-corrected chi connectivity index (χ4v) is 1.37. The van der Waals surface area contributed by atoms with E-state index in [1.54, 1.807) is 0 Å². The van der Waals surface area contributed by atoms with Crippen LogP contribution in [0.15, 0.2) is 11.4 Å². The number of nitrogen functional groups attached to an aromatic ring is 1. The van der Waals surface area contributed by atoms with Crippen molar-refractivity contribution in [2.24, 2.45) is 0 Å². The molecular weight excluding hydrogens is 191 g/mol. The molecule has 0 spiro atoms. The Morgan fingerprint density at radius 3 is 2.42 bits per heavy atom. The van der Waals surface area contributed by atoms with Crippen LogP contribution in [0.25, 0.3) is 0 Å². The van der Waals surface area contributed by atoms with Gasteiger partial charge in [-0.15, -0.1) is 11.3 Å². The van der Waals surface area contributed by atoms with Crippen LogP contribution >= 0.6 is 11.3 Å². The maximum absolute atomic E-state index is 11.8. The largest absolute Gasteiger partial charge is 0.455 e. The van der Waals surface area contributed by atoms with Crippen molar-refractivity contribution in [3.05, 3.63) is 16.3 Å². The van der Waals surface area contributed by atoms with Crippen molar-refractivity contribution in [2.45, 2.75) is 6.18 Å². The van der Waals surface area contributed by atoms with Gasteiger partial charge in [-0.3, -0.25) is 4.79 Å². The molecular formula is C6H4F3NOS. The van der Waals surface area contributed by atoms with E-state index in [0.717, 1.165) is 6.07 Å². The summed E-state index contributed by atoms with van der Waals surface area (Å²) in [5.41, 5.74) is 5.32. The van der Waals surface area contributed by atoms with Crippen LogP contribution in [0.3, 0.4) is 0 Å². The molecule has 0 saturated heterocycles.